The van der Waals surface area contributed by atoms with E-state index < -0.39 is 5.38 Å². The summed E-state index contributed by atoms with van der Waals surface area (Å²) < 4.78 is 5.56. The zero-order chi connectivity index (χ0) is 13.0. The topological polar surface area (TPSA) is 29.5 Å². The first-order valence-corrected chi connectivity index (χ1v) is 5.97. The van der Waals surface area contributed by atoms with Crippen LogP contribution in [0.4, 0.5) is 0 Å². The fraction of sp³-hybridized carbons (Fsp3) is 0.462. The highest BCUT2D eigenvalue weighted by Crippen LogP contribution is 2.26. The summed E-state index contributed by atoms with van der Waals surface area (Å²) in [6.45, 7) is 3.91. The van der Waals surface area contributed by atoms with Gasteiger partial charge in [0, 0.05) is 14.1 Å². The van der Waals surface area contributed by atoms with Gasteiger partial charge in [-0.05, 0) is 31.5 Å². The summed E-state index contributed by atoms with van der Waals surface area (Å²) >= 11 is 6.11. The van der Waals surface area contributed by atoms with E-state index >= 15 is 0 Å². The molecular weight excluding hydrogens is 238 g/mol. The molecule has 0 fully saturated rings. The van der Waals surface area contributed by atoms with Crippen LogP contribution in [0.25, 0.3) is 0 Å². The molecule has 0 aromatic heterocycles. The van der Waals surface area contributed by atoms with Crippen molar-refractivity contribution in [1.82, 2.24) is 4.90 Å². The molecule has 0 bridgehead atoms. The maximum atomic E-state index is 11.7. The van der Waals surface area contributed by atoms with Crippen LogP contribution >= 0.6 is 11.6 Å². The predicted octanol–water partition coefficient (Wildman–Crippen LogP) is 2.84. The summed E-state index contributed by atoms with van der Waals surface area (Å²) in [5.41, 5.74) is 0.753. The lowest BCUT2D eigenvalue weighted by Crippen LogP contribution is -2.25. The Hall–Kier alpha value is -1.22. The monoisotopic (exact) mass is 255 g/mol. The third kappa shape index (κ3) is 3.93. The molecule has 0 heterocycles. The summed E-state index contributed by atoms with van der Waals surface area (Å²) in [5, 5.41) is -0.666. The van der Waals surface area contributed by atoms with E-state index in [9.17, 15) is 4.79 Å². The van der Waals surface area contributed by atoms with Crippen molar-refractivity contribution in [2.75, 3.05) is 14.1 Å². The molecule has 1 aromatic carbocycles. The van der Waals surface area contributed by atoms with E-state index in [4.69, 9.17) is 16.3 Å². The number of alkyl halides is 1. The highest BCUT2D eigenvalue weighted by atomic mass is 35.5. The summed E-state index contributed by atoms with van der Waals surface area (Å²) in [4.78, 5) is 13.2. The van der Waals surface area contributed by atoms with E-state index in [1.165, 1.54) is 4.90 Å². The number of hydrogen-bond donors (Lipinski definition) is 0. The average Bonchev–Trinajstić information content (AvgIpc) is 2.26. The number of amides is 1. The summed E-state index contributed by atoms with van der Waals surface area (Å²) in [5.74, 6) is 0.600. The maximum Gasteiger partial charge on any atom is 0.244 e. The second-order valence-corrected chi connectivity index (χ2v) is 4.77. The van der Waals surface area contributed by atoms with Crippen molar-refractivity contribution in [3.8, 4) is 5.75 Å². The normalized spacial score (nSPS) is 12.4. The van der Waals surface area contributed by atoms with E-state index in [1.54, 1.807) is 20.2 Å². The molecule has 0 spiro atoms. The maximum absolute atomic E-state index is 11.7. The van der Waals surface area contributed by atoms with E-state index in [-0.39, 0.29) is 12.0 Å². The lowest BCUT2D eigenvalue weighted by Gasteiger charge is -2.16. The molecule has 0 radical (unpaired) electrons. The minimum atomic E-state index is -0.666. The third-order valence-corrected chi connectivity index (χ3v) is 2.62. The van der Waals surface area contributed by atoms with Crippen LogP contribution in [-0.2, 0) is 4.79 Å². The van der Waals surface area contributed by atoms with E-state index in [0.717, 1.165) is 11.3 Å². The molecule has 94 valence electrons. The van der Waals surface area contributed by atoms with Crippen molar-refractivity contribution in [1.29, 1.82) is 0 Å². The van der Waals surface area contributed by atoms with Gasteiger partial charge in [0.1, 0.15) is 11.1 Å². The molecule has 0 saturated heterocycles. The van der Waals surface area contributed by atoms with E-state index in [1.807, 2.05) is 32.0 Å². The van der Waals surface area contributed by atoms with Gasteiger partial charge in [0.2, 0.25) is 5.91 Å². The van der Waals surface area contributed by atoms with Gasteiger partial charge in [-0.15, -0.1) is 11.6 Å². The summed E-state index contributed by atoms with van der Waals surface area (Å²) in [6.07, 6.45) is 0.101. The molecule has 0 aliphatic carbocycles. The Balaban J connectivity index is 2.87. The number of halogens is 1. The number of nitrogens with zero attached hydrogens (tertiary/aromatic N) is 1. The van der Waals surface area contributed by atoms with Gasteiger partial charge in [0.25, 0.3) is 0 Å². The van der Waals surface area contributed by atoms with Crippen LogP contribution in [0.15, 0.2) is 24.3 Å². The van der Waals surface area contributed by atoms with Crippen LogP contribution in [0.5, 0.6) is 5.75 Å². The molecule has 17 heavy (non-hydrogen) atoms. The first-order chi connectivity index (χ1) is 7.91. The van der Waals surface area contributed by atoms with Crippen molar-refractivity contribution < 1.29 is 9.53 Å². The number of benzene rings is 1. The molecule has 0 saturated carbocycles. The second kappa shape index (κ2) is 5.92. The quantitative estimate of drug-likeness (QED) is 0.775. The van der Waals surface area contributed by atoms with Crippen LogP contribution in [0.1, 0.15) is 24.8 Å². The standard InChI is InChI=1S/C13H18ClNO2/c1-9(2)17-11-7-5-6-10(8-11)12(14)13(16)15(3)4/h5-9,12H,1-4H3. The Morgan fingerprint density at radius 1 is 1.35 bits per heavy atom. The minimum absolute atomic E-state index is 0.101. The van der Waals surface area contributed by atoms with Gasteiger partial charge >= 0.3 is 0 Å². The fourth-order valence-electron chi connectivity index (χ4n) is 1.39. The Morgan fingerprint density at radius 3 is 2.53 bits per heavy atom. The van der Waals surface area contributed by atoms with Crippen LogP contribution in [0, 0.1) is 0 Å². The van der Waals surface area contributed by atoms with E-state index in [2.05, 4.69) is 0 Å². The molecule has 1 amide bonds. The average molecular weight is 256 g/mol. The molecular formula is C13H18ClNO2. The smallest absolute Gasteiger partial charge is 0.244 e. The predicted molar refractivity (Wildman–Crippen MR) is 69.5 cm³/mol. The van der Waals surface area contributed by atoms with Gasteiger partial charge in [-0.1, -0.05) is 12.1 Å². The van der Waals surface area contributed by atoms with E-state index in [0.29, 0.717) is 0 Å². The van der Waals surface area contributed by atoms with Crippen molar-refractivity contribution in [2.24, 2.45) is 0 Å². The highest BCUT2D eigenvalue weighted by Gasteiger charge is 2.19. The molecule has 1 aromatic rings. The molecule has 1 rings (SSSR count). The molecule has 3 nitrogen and oxygen atoms in total. The molecule has 1 unspecified atom stereocenters. The number of rotatable bonds is 4. The summed E-state index contributed by atoms with van der Waals surface area (Å²) in [7, 11) is 3.37. The van der Waals surface area contributed by atoms with Crippen LogP contribution in [0.2, 0.25) is 0 Å². The van der Waals surface area contributed by atoms with Gasteiger partial charge < -0.3 is 9.64 Å². The Labute approximate surface area is 107 Å². The number of likely N-dealkylation sites (N-methyl/N-ethyl adjacent to an activating group) is 1. The van der Waals surface area contributed by atoms with Gasteiger partial charge in [0.15, 0.2) is 0 Å². The number of hydrogen-bond acceptors (Lipinski definition) is 2. The number of carbonyl (C=O) groups is 1. The largest absolute Gasteiger partial charge is 0.491 e. The van der Waals surface area contributed by atoms with Crippen LogP contribution < -0.4 is 4.74 Å². The zero-order valence-corrected chi connectivity index (χ0v) is 11.4. The Bertz CT molecular complexity index is 391. The molecule has 4 heteroatoms. The van der Waals surface area contributed by atoms with Crippen LogP contribution in [-0.4, -0.2) is 31.0 Å². The van der Waals surface area contributed by atoms with Crippen LogP contribution in [0.3, 0.4) is 0 Å². The van der Waals surface area contributed by atoms with Crippen molar-refractivity contribution in [3.63, 3.8) is 0 Å². The van der Waals surface area contributed by atoms with Crippen molar-refractivity contribution >= 4 is 17.5 Å². The Morgan fingerprint density at radius 2 is 2.00 bits per heavy atom. The van der Waals surface area contributed by atoms with Crippen molar-refractivity contribution in [3.05, 3.63) is 29.8 Å². The van der Waals surface area contributed by atoms with Gasteiger partial charge in [-0.25, -0.2) is 0 Å². The number of ether oxygens (including phenoxy) is 1. The first kappa shape index (κ1) is 13.8. The lowest BCUT2D eigenvalue weighted by molar-refractivity contribution is -0.128. The van der Waals surface area contributed by atoms with Gasteiger partial charge in [-0.2, -0.15) is 0 Å². The molecule has 0 aliphatic heterocycles. The molecule has 0 N–H and O–H groups in total. The zero-order valence-electron chi connectivity index (χ0n) is 10.6. The van der Waals surface area contributed by atoms with Crippen molar-refractivity contribution in [2.45, 2.75) is 25.3 Å². The summed E-state index contributed by atoms with van der Waals surface area (Å²) in [6, 6.07) is 7.32. The van der Waals surface area contributed by atoms with Gasteiger partial charge in [-0.3, -0.25) is 4.79 Å². The Kier molecular flexibility index (Phi) is 4.82. The minimum Gasteiger partial charge on any atom is -0.491 e. The molecule has 0 aliphatic rings. The second-order valence-electron chi connectivity index (χ2n) is 4.33. The number of carbonyl (C=O) groups excluding carboxylic acids is 1. The first-order valence-electron chi connectivity index (χ1n) is 5.53. The van der Waals surface area contributed by atoms with Gasteiger partial charge in [0.05, 0.1) is 6.10 Å². The lowest BCUT2D eigenvalue weighted by atomic mass is 10.1. The molecule has 1 atom stereocenters. The SMILES string of the molecule is CC(C)Oc1cccc(C(Cl)C(=O)N(C)C)c1. The fourth-order valence-corrected chi connectivity index (χ4v) is 1.72. The highest BCUT2D eigenvalue weighted by molar-refractivity contribution is 6.30. The third-order valence-electron chi connectivity index (χ3n) is 2.18.